The van der Waals surface area contributed by atoms with Gasteiger partial charge < -0.3 is 10.5 Å². The average molecular weight is 247 g/mol. The van der Waals surface area contributed by atoms with Crippen LogP contribution in [0, 0.1) is 11.2 Å². The molecule has 17 heavy (non-hydrogen) atoms. The molecule has 0 aliphatic heterocycles. The lowest BCUT2D eigenvalue weighted by Gasteiger charge is -2.33. The Kier molecular flexibility index (Phi) is 3.71. The van der Waals surface area contributed by atoms with E-state index in [9.17, 15) is 13.2 Å². The smallest absolute Gasteiger partial charge is 0.279 e. The molecule has 0 saturated heterocycles. The Morgan fingerprint density at radius 1 is 1.29 bits per heavy atom. The summed E-state index contributed by atoms with van der Waals surface area (Å²) in [5.41, 5.74) is 3.49. The molecular weight excluding hydrogens is 231 g/mol. The van der Waals surface area contributed by atoms with Crippen LogP contribution in [0.1, 0.15) is 19.4 Å². The first-order valence-electron chi connectivity index (χ1n) is 5.18. The summed E-state index contributed by atoms with van der Waals surface area (Å²) in [5, 5.41) is 0. The highest BCUT2D eigenvalue weighted by Gasteiger charge is 2.47. The van der Waals surface area contributed by atoms with Gasteiger partial charge in [0.1, 0.15) is 0 Å². The number of methoxy groups -OCH3 is 1. The number of nitrogens with two attached hydrogens (primary N) is 1. The van der Waals surface area contributed by atoms with Gasteiger partial charge in [0, 0.05) is 17.5 Å². The van der Waals surface area contributed by atoms with E-state index >= 15 is 0 Å². The van der Waals surface area contributed by atoms with Gasteiger partial charge in [-0.3, -0.25) is 0 Å². The Morgan fingerprint density at radius 3 is 2.29 bits per heavy atom. The Hall–Kier alpha value is -1.23. The fourth-order valence-corrected chi connectivity index (χ4v) is 1.38. The minimum atomic E-state index is -3.20. The summed E-state index contributed by atoms with van der Waals surface area (Å²) in [4.78, 5) is 0. The SMILES string of the molecule is COc1ccc(C(F)(F)C(C)(C)CN)cc1F. The van der Waals surface area contributed by atoms with Crippen molar-refractivity contribution in [2.24, 2.45) is 11.1 Å². The Labute approximate surface area is 98.6 Å². The topological polar surface area (TPSA) is 35.2 Å². The van der Waals surface area contributed by atoms with Gasteiger partial charge in [0.25, 0.3) is 5.92 Å². The second kappa shape index (κ2) is 4.56. The van der Waals surface area contributed by atoms with Gasteiger partial charge in [-0.25, -0.2) is 13.2 Å². The van der Waals surface area contributed by atoms with Crippen LogP contribution in [0.3, 0.4) is 0 Å². The molecule has 0 atom stereocenters. The molecule has 0 radical (unpaired) electrons. The van der Waals surface area contributed by atoms with Crippen molar-refractivity contribution in [3.8, 4) is 5.75 Å². The molecule has 0 amide bonds. The van der Waals surface area contributed by atoms with Gasteiger partial charge in [0.15, 0.2) is 11.6 Å². The molecule has 1 aromatic carbocycles. The first kappa shape index (κ1) is 13.8. The van der Waals surface area contributed by atoms with E-state index in [1.807, 2.05) is 0 Å². The highest BCUT2D eigenvalue weighted by atomic mass is 19.3. The maximum absolute atomic E-state index is 14.1. The van der Waals surface area contributed by atoms with Crippen LogP contribution in [-0.4, -0.2) is 13.7 Å². The molecule has 0 saturated carbocycles. The monoisotopic (exact) mass is 247 g/mol. The average Bonchev–Trinajstić information content (AvgIpc) is 2.28. The quantitative estimate of drug-likeness (QED) is 0.887. The van der Waals surface area contributed by atoms with Crippen LogP contribution in [-0.2, 0) is 5.92 Å². The van der Waals surface area contributed by atoms with Crippen LogP contribution in [0.4, 0.5) is 13.2 Å². The summed E-state index contributed by atoms with van der Waals surface area (Å²) in [6, 6.07) is 3.13. The van der Waals surface area contributed by atoms with Crippen molar-refractivity contribution < 1.29 is 17.9 Å². The molecule has 0 aromatic heterocycles. The van der Waals surface area contributed by atoms with E-state index in [2.05, 4.69) is 4.74 Å². The van der Waals surface area contributed by atoms with E-state index in [0.29, 0.717) is 0 Å². The molecule has 0 aliphatic carbocycles. The van der Waals surface area contributed by atoms with E-state index in [4.69, 9.17) is 5.73 Å². The minimum absolute atomic E-state index is 0.0601. The number of rotatable bonds is 4. The lowest BCUT2D eigenvalue weighted by molar-refractivity contribution is -0.109. The van der Waals surface area contributed by atoms with Crippen molar-refractivity contribution in [1.82, 2.24) is 0 Å². The molecule has 0 spiro atoms. The fourth-order valence-electron chi connectivity index (χ4n) is 1.38. The van der Waals surface area contributed by atoms with Crippen molar-refractivity contribution in [1.29, 1.82) is 0 Å². The molecule has 0 unspecified atom stereocenters. The predicted molar refractivity (Wildman–Crippen MR) is 59.7 cm³/mol. The van der Waals surface area contributed by atoms with Gasteiger partial charge in [-0.15, -0.1) is 0 Å². The third kappa shape index (κ3) is 2.39. The Balaban J connectivity index is 3.20. The summed E-state index contributed by atoms with van der Waals surface area (Å²) in [7, 11) is 1.28. The van der Waals surface area contributed by atoms with Crippen LogP contribution in [0.15, 0.2) is 18.2 Å². The number of halogens is 3. The Bertz CT molecular complexity index is 405. The van der Waals surface area contributed by atoms with E-state index < -0.39 is 22.7 Å². The zero-order chi connectivity index (χ0) is 13.3. The lowest BCUT2D eigenvalue weighted by Crippen LogP contribution is -2.40. The van der Waals surface area contributed by atoms with Crippen LogP contribution >= 0.6 is 0 Å². The third-order valence-electron chi connectivity index (χ3n) is 2.87. The summed E-state index contributed by atoms with van der Waals surface area (Å²) in [5.74, 6) is -4.07. The predicted octanol–water partition coefficient (Wildman–Crippen LogP) is 2.91. The molecule has 2 nitrogen and oxygen atoms in total. The largest absolute Gasteiger partial charge is 0.494 e. The number of hydrogen-bond donors (Lipinski definition) is 1. The first-order chi connectivity index (χ1) is 7.76. The zero-order valence-electron chi connectivity index (χ0n) is 10.1. The summed E-state index contributed by atoms with van der Waals surface area (Å²) in [6.45, 7) is 2.48. The lowest BCUT2D eigenvalue weighted by atomic mass is 9.81. The molecule has 96 valence electrons. The Morgan fingerprint density at radius 2 is 1.88 bits per heavy atom. The molecular formula is C12H16F3NO. The zero-order valence-corrected chi connectivity index (χ0v) is 10.1. The number of benzene rings is 1. The van der Waals surface area contributed by atoms with Gasteiger partial charge in [-0.05, 0) is 18.2 Å². The van der Waals surface area contributed by atoms with Crippen molar-refractivity contribution in [2.75, 3.05) is 13.7 Å². The summed E-state index contributed by atoms with van der Waals surface area (Å²) in [6.07, 6.45) is 0. The van der Waals surface area contributed by atoms with Gasteiger partial charge in [-0.2, -0.15) is 0 Å². The highest BCUT2D eigenvalue weighted by Crippen LogP contribution is 2.44. The maximum Gasteiger partial charge on any atom is 0.279 e. The maximum atomic E-state index is 14.1. The molecule has 0 fully saturated rings. The van der Waals surface area contributed by atoms with Crippen molar-refractivity contribution in [3.63, 3.8) is 0 Å². The highest BCUT2D eigenvalue weighted by molar-refractivity contribution is 5.32. The fraction of sp³-hybridized carbons (Fsp3) is 0.500. The first-order valence-corrected chi connectivity index (χ1v) is 5.18. The molecule has 0 heterocycles. The normalized spacial score (nSPS) is 12.6. The molecule has 1 aromatic rings. The molecule has 0 aliphatic rings. The molecule has 0 bridgehead atoms. The van der Waals surface area contributed by atoms with E-state index in [0.717, 1.165) is 12.1 Å². The van der Waals surface area contributed by atoms with Gasteiger partial charge >= 0.3 is 0 Å². The second-order valence-electron chi connectivity index (χ2n) is 4.51. The van der Waals surface area contributed by atoms with E-state index in [-0.39, 0.29) is 12.3 Å². The summed E-state index contributed by atoms with van der Waals surface area (Å²) >= 11 is 0. The van der Waals surface area contributed by atoms with Crippen molar-refractivity contribution in [2.45, 2.75) is 19.8 Å². The second-order valence-corrected chi connectivity index (χ2v) is 4.51. The van der Waals surface area contributed by atoms with Gasteiger partial charge in [0.2, 0.25) is 0 Å². The molecule has 5 heteroatoms. The standard InChI is InChI=1S/C12H16F3NO/c1-11(2,7-16)12(14,15)8-4-5-10(17-3)9(13)6-8/h4-6H,7,16H2,1-3H3. The number of hydrogen-bond acceptors (Lipinski definition) is 2. The van der Waals surface area contributed by atoms with Crippen molar-refractivity contribution in [3.05, 3.63) is 29.6 Å². The molecule has 1 rings (SSSR count). The van der Waals surface area contributed by atoms with E-state index in [1.54, 1.807) is 0 Å². The van der Waals surface area contributed by atoms with Crippen LogP contribution < -0.4 is 10.5 Å². The van der Waals surface area contributed by atoms with Gasteiger partial charge in [0.05, 0.1) is 7.11 Å². The van der Waals surface area contributed by atoms with Crippen LogP contribution in [0.5, 0.6) is 5.75 Å². The summed E-state index contributed by atoms with van der Waals surface area (Å²) < 4.78 is 46.2. The molecule has 2 N–H and O–H groups in total. The van der Waals surface area contributed by atoms with Gasteiger partial charge in [-0.1, -0.05) is 13.8 Å². The third-order valence-corrected chi connectivity index (χ3v) is 2.87. The van der Waals surface area contributed by atoms with E-state index in [1.165, 1.54) is 27.0 Å². The minimum Gasteiger partial charge on any atom is -0.494 e. The van der Waals surface area contributed by atoms with Crippen LogP contribution in [0.25, 0.3) is 0 Å². The van der Waals surface area contributed by atoms with Crippen LogP contribution in [0.2, 0.25) is 0 Å². The van der Waals surface area contributed by atoms with Crippen molar-refractivity contribution >= 4 is 0 Å². The number of alkyl halides is 2. The number of ether oxygens (including phenoxy) is 1.